The van der Waals surface area contributed by atoms with Crippen LogP contribution in [0.25, 0.3) is 46.4 Å². The molecule has 2 aliphatic rings. The van der Waals surface area contributed by atoms with Crippen LogP contribution in [0.4, 0.5) is 0 Å². The zero-order valence-electron chi connectivity index (χ0n) is 17.3. The zero-order chi connectivity index (χ0) is 21.9. The Kier molecular flexibility index (Phi) is 6.79. The molecule has 6 rings (SSSR count). The van der Waals surface area contributed by atoms with Gasteiger partial charge in [-0.3, -0.25) is 0 Å². The first kappa shape index (κ1) is 22.6. The molecule has 0 atom stereocenters. The van der Waals surface area contributed by atoms with Crippen molar-refractivity contribution in [1.82, 2.24) is 19.9 Å². The maximum Gasteiger partial charge on any atom is -1.00 e. The number of aromatic amines is 2. The van der Waals surface area contributed by atoms with Crippen molar-refractivity contribution in [3.63, 3.8) is 0 Å². The topological polar surface area (TPSA) is 77.6 Å². The molecular formula is C26H19ClCoN4O. The molecule has 0 spiro atoms. The van der Waals surface area contributed by atoms with E-state index in [1.54, 1.807) is 24.3 Å². The Balaban J connectivity index is 0.000000247. The number of phenolic OH excluding ortho intramolecular Hbond substituents is 1. The van der Waals surface area contributed by atoms with Crippen molar-refractivity contribution in [3.8, 4) is 5.75 Å². The summed E-state index contributed by atoms with van der Waals surface area (Å²) >= 11 is 4.04. The predicted octanol–water partition coefficient (Wildman–Crippen LogP) is 2.22. The van der Waals surface area contributed by atoms with Crippen LogP contribution < -0.4 is 16.9 Å². The molecular weight excluding hydrogens is 479 g/mol. The summed E-state index contributed by atoms with van der Waals surface area (Å²) in [4.78, 5) is 16.0. The number of aromatic nitrogens is 4. The summed E-state index contributed by atoms with van der Waals surface area (Å²) in [5, 5.41) is 8.76. The van der Waals surface area contributed by atoms with Crippen LogP contribution in [0.2, 0.25) is 0 Å². The van der Waals surface area contributed by atoms with Crippen molar-refractivity contribution in [2.24, 2.45) is 0 Å². The monoisotopic (exact) mass is 497 g/mol. The summed E-state index contributed by atoms with van der Waals surface area (Å²) in [7, 11) is 0. The van der Waals surface area contributed by atoms with E-state index in [1.807, 2.05) is 48.6 Å². The number of hydrogen-bond acceptors (Lipinski definition) is 3. The third-order valence-corrected chi connectivity index (χ3v) is 5.16. The van der Waals surface area contributed by atoms with Crippen LogP contribution in [0.3, 0.4) is 0 Å². The number of hydrogen-bond donors (Lipinski definition) is 3. The number of nitrogens with one attached hydrogen (secondary N) is 2. The van der Waals surface area contributed by atoms with Gasteiger partial charge in [0.2, 0.25) is 0 Å². The molecule has 3 N–H and O–H groups in total. The SMILES string of the molecule is C1=Cc2cc3ccc(cc4nc(cc5ccc(cc1n2)[nH]5)C=C4)[nH]3.Oc1ccc[c]([Co+])c1.[Cl-]. The number of nitrogens with zero attached hydrogens (tertiary/aromatic N) is 2. The van der Waals surface area contributed by atoms with E-state index in [0.717, 1.165) is 49.3 Å². The van der Waals surface area contributed by atoms with Crippen molar-refractivity contribution < 1.29 is 33.3 Å². The molecule has 3 aromatic heterocycles. The van der Waals surface area contributed by atoms with Gasteiger partial charge < -0.3 is 22.4 Å². The Morgan fingerprint density at radius 2 is 0.970 bits per heavy atom. The van der Waals surface area contributed by atoms with Crippen LogP contribution in [-0.2, 0) is 15.7 Å². The Morgan fingerprint density at radius 1 is 0.576 bits per heavy atom. The number of fused-ring (bicyclic) bond motifs is 8. The van der Waals surface area contributed by atoms with Gasteiger partial charge in [-0.25, -0.2) is 9.97 Å². The van der Waals surface area contributed by atoms with Crippen LogP contribution in [-0.4, -0.2) is 25.0 Å². The fourth-order valence-electron chi connectivity index (χ4n) is 3.41. The molecule has 0 saturated heterocycles. The summed E-state index contributed by atoms with van der Waals surface area (Å²) in [6, 6.07) is 23.1. The molecule has 7 heteroatoms. The van der Waals surface area contributed by atoms with E-state index in [4.69, 9.17) is 5.11 Å². The average Bonchev–Trinajstić information content (AvgIpc) is 3.54. The van der Waals surface area contributed by atoms with Crippen LogP contribution in [0.15, 0.2) is 72.8 Å². The Bertz CT molecular complexity index is 1330. The Morgan fingerprint density at radius 3 is 1.27 bits per heavy atom. The zero-order valence-corrected chi connectivity index (χ0v) is 19.1. The van der Waals surface area contributed by atoms with Gasteiger partial charge in [0, 0.05) is 22.1 Å². The molecule has 0 amide bonds. The normalized spacial score (nSPS) is 11.4. The fraction of sp³-hybridized carbons (Fsp3) is 0. The molecule has 33 heavy (non-hydrogen) atoms. The van der Waals surface area contributed by atoms with Gasteiger partial charge in [0.05, 0.1) is 22.8 Å². The molecule has 165 valence electrons. The van der Waals surface area contributed by atoms with E-state index in [9.17, 15) is 0 Å². The van der Waals surface area contributed by atoms with Gasteiger partial charge in [0.15, 0.2) is 0 Å². The quantitative estimate of drug-likeness (QED) is 0.301. The summed E-state index contributed by atoms with van der Waals surface area (Å²) in [6.45, 7) is 0. The van der Waals surface area contributed by atoms with E-state index in [2.05, 4.69) is 59.9 Å². The molecule has 1 aromatic carbocycles. The number of aromatic hydroxyl groups is 1. The molecule has 8 bridgehead atoms. The minimum atomic E-state index is 0. The minimum Gasteiger partial charge on any atom is -1.00 e. The van der Waals surface area contributed by atoms with Crippen LogP contribution in [0, 0.1) is 0 Å². The summed E-state index contributed by atoms with van der Waals surface area (Å²) < 4.78 is 0.775. The van der Waals surface area contributed by atoms with E-state index in [0.29, 0.717) is 0 Å². The third kappa shape index (κ3) is 5.81. The maximum absolute atomic E-state index is 8.76. The van der Waals surface area contributed by atoms with Crippen molar-refractivity contribution in [1.29, 1.82) is 0 Å². The largest absolute Gasteiger partial charge is 1.00 e. The van der Waals surface area contributed by atoms with Gasteiger partial charge in [-0.2, -0.15) is 0 Å². The minimum absolute atomic E-state index is 0. The number of halogens is 1. The van der Waals surface area contributed by atoms with Gasteiger partial charge >= 0.3 is 55.4 Å². The Hall–Kier alpha value is -3.58. The molecule has 0 aliphatic carbocycles. The fourth-order valence-corrected chi connectivity index (χ4v) is 3.66. The van der Waals surface area contributed by atoms with Crippen LogP contribution in [0.5, 0.6) is 5.75 Å². The van der Waals surface area contributed by atoms with E-state index in [-0.39, 0.29) is 18.2 Å². The summed E-state index contributed by atoms with van der Waals surface area (Å²) in [5.41, 5.74) is 7.86. The van der Waals surface area contributed by atoms with Crippen LogP contribution >= 0.6 is 0 Å². The molecule has 0 fully saturated rings. The van der Waals surface area contributed by atoms with Crippen molar-refractivity contribution in [2.45, 2.75) is 0 Å². The first-order chi connectivity index (χ1) is 15.6. The molecule has 2 aliphatic heterocycles. The molecule has 0 unspecified atom stereocenters. The molecule has 5 nitrogen and oxygen atoms in total. The standard InChI is InChI=1S/C20H14N4.C6H5O.ClH.Co/c1-2-14-10-16-5-6-18(23-16)12-20-8-7-19(24-20)11-17-4-3-15(22-17)9-13(1)21-14;7-6-4-2-1-3-5-6;;/h1-12,21,24H;1-2,4-5,7H;1H;/q;;;+1/p-1. The summed E-state index contributed by atoms with van der Waals surface area (Å²) in [6.07, 6.45) is 8.09. The van der Waals surface area contributed by atoms with E-state index >= 15 is 0 Å². The van der Waals surface area contributed by atoms with Gasteiger partial charge in [-0.15, -0.1) is 0 Å². The van der Waals surface area contributed by atoms with Crippen LogP contribution in [0.1, 0.15) is 22.8 Å². The molecule has 0 saturated carbocycles. The molecule has 5 heterocycles. The maximum atomic E-state index is 8.76. The van der Waals surface area contributed by atoms with Gasteiger partial charge in [-0.05, 0) is 72.8 Å². The molecule has 4 aromatic rings. The van der Waals surface area contributed by atoms with Crippen molar-refractivity contribution >= 4 is 50.9 Å². The second-order valence-electron chi connectivity index (χ2n) is 7.36. The van der Waals surface area contributed by atoms with Crippen molar-refractivity contribution in [2.75, 3.05) is 0 Å². The van der Waals surface area contributed by atoms with Gasteiger partial charge in [0.1, 0.15) is 0 Å². The third-order valence-electron chi connectivity index (χ3n) is 4.84. The smallest absolute Gasteiger partial charge is 1.00 e. The number of H-pyrrole nitrogens is 2. The van der Waals surface area contributed by atoms with Gasteiger partial charge in [0.25, 0.3) is 0 Å². The Labute approximate surface area is 205 Å². The van der Waals surface area contributed by atoms with Gasteiger partial charge in [-0.1, -0.05) is 0 Å². The van der Waals surface area contributed by atoms with E-state index in [1.165, 1.54) is 0 Å². The number of rotatable bonds is 0. The first-order valence-electron chi connectivity index (χ1n) is 10.1. The molecule has 0 radical (unpaired) electrons. The average molecular weight is 498 g/mol. The number of benzene rings is 1. The second kappa shape index (κ2) is 9.91. The predicted molar refractivity (Wildman–Crippen MR) is 127 cm³/mol. The van der Waals surface area contributed by atoms with Crippen molar-refractivity contribution in [3.05, 3.63) is 95.6 Å². The second-order valence-corrected chi connectivity index (χ2v) is 7.96. The summed E-state index contributed by atoms with van der Waals surface area (Å²) in [5.74, 6) is 0.260. The first-order valence-corrected chi connectivity index (χ1v) is 10.6. The van der Waals surface area contributed by atoms with E-state index < -0.39 is 0 Å². The number of phenols is 1.